The van der Waals surface area contributed by atoms with Gasteiger partial charge in [0.05, 0.1) is 19.3 Å². The van der Waals surface area contributed by atoms with Crippen molar-refractivity contribution >= 4 is 22.8 Å². The van der Waals surface area contributed by atoms with Crippen LogP contribution in [-0.4, -0.2) is 48.4 Å². The summed E-state index contributed by atoms with van der Waals surface area (Å²) in [6.45, 7) is 2.03. The minimum Gasteiger partial charge on any atom is -0.497 e. The van der Waals surface area contributed by atoms with Crippen LogP contribution in [0.25, 0.3) is 10.9 Å². The summed E-state index contributed by atoms with van der Waals surface area (Å²) in [7, 11) is 1.61. The van der Waals surface area contributed by atoms with Gasteiger partial charge >= 0.3 is 5.97 Å². The van der Waals surface area contributed by atoms with Crippen LogP contribution in [0, 0.1) is 6.92 Å². The Morgan fingerprint density at radius 2 is 2.04 bits per heavy atom. The molecule has 3 rings (SSSR count). The Kier molecular flexibility index (Phi) is 6.01. The largest absolute Gasteiger partial charge is 0.497 e. The van der Waals surface area contributed by atoms with Gasteiger partial charge in [-0.25, -0.2) is 4.79 Å². The fourth-order valence-electron chi connectivity index (χ4n) is 3.95. The van der Waals surface area contributed by atoms with Crippen LogP contribution in [0.2, 0.25) is 0 Å². The summed E-state index contributed by atoms with van der Waals surface area (Å²) < 4.78 is 12.6. The fraction of sp³-hybridized carbons (Fsp3) is 0.500. The Bertz CT molecular complexity index is 836. The molecule has 146 valence electrons. The van der Waals surface area contributed by atoms with E-state index in [1.807, 2.05) is 25.1 Å². The molecule has 1 saturated carbocycles. The number of carboxylic acid groups (broad SMARTS) is 1. The number of ether oxygens (including phenoxy) is 2. The monoisotopic (exact) mass is 374 g/mol. The summed E-state index contributed by atoms with van der Waals surface area (Å²) in [5.74, 6) is -0.491. The number of fused-ring (bicyclic) bond motifs is 1. The van der Waals surface area contributed by atoms with Crippen LogP contribution in [0.3, 0.4) is 0 Å². The Morgan fingerprint density at radius 1 is 1.30 bits per heavy atom. The van der Waals surface area contributed by atoms with E-state index < -0.39 is 5.97 Å². The second kappa shape index (κ2) is 8.43. The highest BCUT2D eigenvalue weighted by molar-refractivity contribution is 6.08. The van der Waals surface area contributed by atoms with Crippen molar-refractivity contribution in [1.82, 2.24) is 9.88 Å². The number of nitrogens with one attached hydrogen (secondary N) is 1. The maximum Gasteiger partial charge on any atom is 0.329 e. The average molecular weight is 374 g/mol. The van der Waals surface area contributed by atoms with Gasteiger partial charge in [0, 0.05) is 29.2 Å². The first-order valence-corrected chi connectivity index (χ1v) is 9.29. The first kappa shape index (κ1) is 19.2. The molecule has 2 aromatic rings. The first-order valence-electron chi connectivity index (χ1n) is 9.29. The van der Waals surface area contributed by atoms with E-state index in [0.29, 0.717) is 17.4 Å². The molecule has 1 aliphatic rings. The summed E-state index contributed by atoms with van der Waals surface area (Å²) in [6.07, 6.45) is 4.67. The number of aliphatic carboxylic acids is 1. The summed E-state index contributed by atoms with van der Waals surface area (Å²) in [6, 6.07) is 6.27. The molecule has 1 amide bonds. The molecule has 27 heavy (non-hydrogen) atoms. The Hall–Kier alpha value is -2.54. The normalized spacial score (nSPS) is 14.6. The zero-order valence-electron chi connectivity index (χ0n) is 15.8. The molecule has 1 aliphatic carbocycles. The van der Waals surface area contributed by atoms with Gasteiger partial charge in [-0.05, 0) is 38.0 Å². The van der Waals surface area contributed by atoms with Crippen molar-refractivity contribution in [2.75, 3.05) is 26.9 Å². The van der Waals surface area contributed by atoms with Crippen molar-refractivity contribution in [1.29, 1.82) is 0 Å². The van der Waals surface area contributed by atoms with Crippen molar-refractivity contribution in [3.8, 4) is 5.75 Å². The molecule has 1 heterocycles. The van der Waals surface area contributed by atoms with Gasteiger partial charge in [0.1, 0.15) is 12.4 Å². The maximum atomic E-state index is 12.9. The van der Waals surface area contributed by atoms with Crippen LogP contribution in [0.15, 0.2) is 18.2 Å². The molecule has 0 saturated heterocycles. The Balaban J connectivity index is 1.87. The van der Waals surface area contributed by atoms with E-state index >= 15 is 0 Å². The van der Waals surface area contributed by atoms with E-state index in [1.165, 1.54) is 12.8 Å². The van der Waals surface area contributed by atoms with Crippen LogP contribution in [0.4, 0.5) is 0 Å². The predicted octanol–water partition coefficient (Wildman–Crippen LogP) is 2.90. The molecule has 0 spiro atoms. The third kappa shape index (κ3) is 4.08. The third-order valence-corrected chi connectivity index (χ3v) is 5.13. The molecule has 1 aromatic heterocycles. The van der Waals surface area contributed by atoms with E-state index in [9.17, 15) is 9.59 Å². The lowest BCUT2D eigenvalue weighted by Crippen LogP contribution is -2.28. The predicted molar refractivity (Wildman–Crippen MR) is 102 cm³/mol. The number of carboxylic acids is 1. The smallest absolute Gasteiger partial charge is 0.329 e. The lowest BCUT2D eigenvalue weighted by molar-refractivity contribution is -0.142. The minimum absolute atomic E-state index is 0.154. The number of methoxy groups -OCH3 is 1. The molecule has 7 nitrogen and oxygen atoms in total. The van der Waals surface area contributed by atoms with Gasteiger partial charge in [0.15, 0.2) is 0 Å². The minimum atomic E-state index is -1.02. The SMILES string of the molecule is COc1ccc2c(c1)c(C(=O)NCCOCC(=O)O)c(C)n2C1CCCC1. The van der Waals surface area contributed by atoms with Gasteiger partial charge in [0.25, 0.3) is 5.91 Å². The molecule has 2 N–H and O–H groups in total. The molecule has 0 radical (unpaired) electrons. The van der Waals surface area contributed by atoms with Crippen LogP contribution < -0.4 is 10.1 Å². The number of benzene rings is 1. The number of carbonyl (C=O) groups excluding carboxylic acids is 1. The lowest BCUT2D eigenvalue weighted by Gasteiger charge is -2.16. The van der Waals surface area contributed by atoms with Crippen molar-refractivity contribution in [2.24, 2.45) is 0 Å². The first-order chi connectivity index (χ1) is 13.0. The lowest BCUT2D eigenvalue weighted by atomic mass is 10.1. The maximum absolute atomic E-state index is 12.9. The fourth-order valence-corrected chi connectivity index (χ4v) is 3.95. The highest BCUT2D eigenvalue weighted by Gasteiger charge is 2.26. The van der Waals surface area contributed by atoms with E-state index in [-0.39, 0.29) is 25.7 Å². The van der Waals surface area contributed by atoms with Crippen molar-refractivity contribution < 1.29 is 24.2 Å². The second-order valence-electron chi connectivity index (χ2n) is 6.85. The van der Waals surface area contributed by atoms with E-state index in [1.54, 1.807) is 7.11 Å². The van der Waals surface area contributed by atoms with E-state index in [2.05, 4.69) is 9.88 Å². The quantitative estimate of drug-likeness (QED) is 0.694. The summed E-state index contributed by atoms with van der Waals surface area (Å²) in [4.78, 5) is 23.3. The van der Waals surface area contributed by atoms with Crippen LogP contribution in [0.1, 0.15) is 47.8 Å². The van der Waals surface area contributed by atoms with E-state index in [4.69, 9.17) is 14.6 Å². The highest BCUT2D eigenvalue weighted by Crippen LogP contribution is 2.38. The average Bonchev–Trinajstić information content (AvgIpc) is 3.25. The summed E-state index contributed by atoms with van der Waals surface area (Å²) in [5, 5.41) is 12.3. The molecule has 1 fully saturated rings. The van der Waals surface area contributed by atoms with Gasteiger partial charge in [-0.1, -0.05) is 12.8 Å². The Labute approximate surface area is 158 Å². The number of rotatable bonds is 8. The third-order valence-electron chi connectivity index (χ3n) is 5.13. The number of aromatic nitrogens is 1. The number of hydrogen-bond acceptors (Lipinski definition) is 4. The standard InChI is InChI=1S/C20H26N2O5/c1-13-19(20(25)21-9-10-27-12-18(23)24)16-11-15(26-2)7-8-17(16)22(13)14-5-3-4-6-14/h7-8,11,14H,3-6,9-10,12H2,1-2H3,(H,21,25)(H,23,24). The van der Waals surface area contributed by atoms with Gasteiger partial charge in [-0.2, -0.15) is 0 Å². The molecule has 0 atom stereocenters. The van der Waals surface area contributed by atoms with Gasteiger partial charge in [-0.15, -0.1) is 0 Å². The second-order valence-corrected chi connectivity index (χ2v) is 6.85. The number of hydrogen-bond donors (Lipinski definition) is 2. The number of amides is 1. The van der Waals surface area contributed by atoms with E-state index in [0.717, 1.165) is 29.4 Å². The van der Waals surface area contributed by atoms with Gasteiger partial charge in [-0.3, -0.25) is 4.79 Å². The number of nitrogens with zero attached hydrogens (tertiary/aromatic N) is 1. The number of carbonyl (C=O) groups is 2. The van der Waals surface area contributed by atoms with Gasteiger partial charge in [0.2, 0.25) is 0 Å². The molecular weight excluding hydrogens is 348 g/mol. The van der Waals surface area contributed by atoms with Crippen molar-refractivity contribution in [3.63, 3.8) is 0 Å². The molecule has 0 aliphatic heterocycles. The topological polar surface area (TPSA) is 89.8 Å². The Morgan fingerprint density at radius 3 is 2.70 bits per heavy atom. The zero-order valence-corrected chi connectivity index (χ0v) is 15.8. The zero-order chi connectivity index (χ0) is 19.4. The molecule has 1 aromatic carbocycles. The van der Waals surface area contributed by atoms with Gasteiger partial charge < -0.3 is 24.5 Å². The van der Waals surface area contributed by atoms with Crippen LogP contribution in [-0.2, 0) is 9.53 Å². The molecule has 7 heteroatoms. The summed E-state index contributed by atoms with van der Waals surface area (Å²) >= 11 is 0. The van der Waals surface area contributed by atoms with Crippen LogP contribution >= 0.6 is 0 Å². The van der Waals surface area contributed by atoms with Crippen LogP contribution in [0.5, 0.6) is 5.75 Å². The summed E-state index contributed by atoms with van der Waals surface area (Å²) in [5.41, 5.74) is 2.65. The van der Waals surface area contributed by atoms with Crippen molar-refractivity contribution in [2.45, 2.75) is 38.6 Å². The molecule has 0 bridgehead atoms. The molecular formula is C20H26N2O5. The molecule has 0 unspecified atom stereocenters. The highest BCUT2D eigenvalue weighted by atomic mass is 16.5. The van der Waals surface area contributed by atoms with Crippen molar-refractivity contribution in [3.05, 3.63) is 29.5 Å².